The van der Waals surface area contributed by atoms with E-state index in [0.717, 1.165) is 17.7 Å². The van der Waals surface area contributed by atoms with Gasteiger partial charge in [-0.1, -0.05) is 37.6 Å². The summed E-state index contributed by atoms with van der Waals surface area (Å²) in [6.45, 7) is 2.42. The Bertz CT molecular complexity index is 938. The number of imide groups is 1. The van der Waals surface area contributed by atoms with Crippen molar-refractivity contribution < 1.29 is 23.9 Å². The fourth-order valence-corrected chi connectivity index (χ4v) is 3.05. The molecule has 0 radical (unpaired) electrons. The monoisotopic (exact) mass is 409 g/mol. The third-order valence-electron chi connectivity index (χ3n) is 4.63. The number of fused-ring (bicyclic) bond motifs is 1. The first-order chi connectivity index (χ1) is 14.5. The molecule has 3 rings (SSSR count). The number of anilines is 1. The average molecular weight is 409 g/mol. The molecular weight excluding hydrogens is 386 g/mol. The van der Waals surface area contributed by atoms with E-state index in [-0.39, 0.29) is 30.5 Å². The third kappa shape index (κ3) is 4.65. The molecule has 0 spiro atoms. The quantitative estimate of drug-likeness (QED) is 0.396. The van der Waals surface area contributed by atoms with Gasteiger partial charge >= 0.3 is 12.0 Å². The van der Waals surface area contributed by atoms with Gasteiger partial charge in [-0.05, 0) is 30.7 Å². The van der Waals surface area contributed by atoms with Crippen LogP contribution in [-0.2, 0) is 4.74 Å². The maximum Gasteiger partial charge on any atom is 0.340 e. The molecule has 1 heterocycles. The minimum Gasteiger partial charge on any atom is -0.462 e. The lowest BCUT2D eigenvalue weighted by Crippen LogP contribution is -2.39. The number of para-hydroxylation sites is 1. The van der Waals surface area contributed by atoms with Crippen LogP contribution in [0.25, 0.3) is 0 Å². The summed E-state index contributed by atoms with van der Waals surface area (Å²) >= 11 is 0. The Morgan fingerprint density at radius 1 is 0.967 bits per heavy atom. The molecule has 30 heavy (non-hydrogen) atoms. The van der Waals surface area contributed by atoms with Crippen molar-refractivity contribution in [3.63, 3.8) is 0 Å². The lowest BCUT2D eigenvalue weighted by molar-refractivity contribution is 0.0500. The van der Waals surface area contributed by atoms with Crippen molar-refractivity contribution in [2.24, 2.45) is 0 Å². The van der Waals surface area contributed by atoms with Crippen LogP contribution in [0.3, 0.4) is 0 Å². The Hall–Kier alpha value is -3.68. The first-order valence-corrected chi connectivity index (χ1v) is 9.79. The highest BCUT2D eigenvalue weighted by atomic mass is 16.5. The highest BCUT2D eigenvalue weighted by molar-refractivity contribution is 6.21. The van der Waals surface area contributed by atoms with Crippen molar-refractivity contribution in [2.45, 2.75) is 19.8 Å². The van der Waals surface area contributed by atoms with E-state index in [1.54, 1.807) is 48.5 Å². The van der Waals surface area contributed by atoms with Gasteiger partial charge in [0.2, 0.25) is 0 Å². The zero-order valence-corrected chi connectivity index (χ0v) is 16.6. The standard InChI is InChI=1S/C22H23N3O5/c1-2-3-14-30-21(28)17-10-6-7-11-18(17)24-22(29)23-12-13-25-19(26)15-8-4-5-9-16(15)20(25)27/h4-11H,2-3,12-14H2,1H3,(H2,23,24,29). The van der Waals surface area contributed by atoms with Crippen LogP contribution in [0, 0.1) is 0 Å². The summed E-state index contributed by atoms with van der Waals surface area (Å²) in [5, 5.41) is 5.20. The second kappa shape index (κ2) is 9.69. The average Bonchev–Trinajstić information content (AvgIpc) is 2.99. The Balaban J connectivity index is 1.53. The third-order valence-corrected chi connectivity index (χ3v) is 4.63. The fraction of sp³-hybridized carbons (Fsp3) is 0.273. The molecule has 0 unspecified atom stereocenters. The number of carbonyl (C=O) groups excluding carboxylic acids is 4. The maximum absolute atomic E-state index is 12.3. The van der Waals surface area contributed by atoms with E-state index in [1.165, 1.54) is 0 Å². The molecule has 4 amide bonds. The van der Waals surface area contributed by atoms with Gasteiger partial charge in [0.25, 0.3) is 11.8 Å². The van der Waals surface area contributed by atoms with Crippen molar-refractivity contribution >= 4 is 29.5 Å². The summed E-state index contributed by atoms with van der Waals surface area (Å²) in [7, 11) is 0. The van der Waals surface area contributed by atoms with E-state index in [2.05, 4.69) is 10.6 Å². The molecule has 1 aliphatic heterocycles. The topological polar surface area (TPSA) is 105 Å². The van der Waals surface area contributed by atoms with Crippen molar-refractivity contribution in [3.8, 4) is 0 Å². The molecule has 0 saturated carbocycles. The number of hydrogen-bond acceptors (Lipinski definition) is 5. The maximum atomic E-state index is 12.3. The largest absolute Gasteiger partial charge is 0.462 e. The van der Waals surface area contributed by atoms with E-state index in [0.29, 0.717) is 23.4 Å². The summed E-state index contributed by atoms with van der Waals surface area (Å²) in [5.74, 6) is -1.26. The Kier molecular flexibility index (Phi) is 6.79. The normalized spacial score (nSPS) is 12.5. The second-order valence-electron chi connectivity index (χ2n) is 6.72. The van der Waals surface area contributed by atoms with Crippen LogP contribution in [0.1, 0.15) is 50.8 Å². The van der Waals surface area contributed by atoms with Crippen molar-refractivity contribution in [1.29, 1.82) is 0 Å². The van der Waals surface area contributed by atoms with E-state index < -0.39 is 12.0 Å². The number of rotatable bonds is 8. The predicted molar refractivity (Wildman–Crippen MR) is 110 cm³/mol. The van der Waals surface area contributed by atoms with E-state index in [1.807, 2.05) is 6.92 Å². The molecular formula is C22H23N3O5. The highest BCUT2D eigenvalue weighted by Crippen LogP contribution is 2.21. The molecule has 0 aromatic heterocycles. The number of benzene rings is 2. The number of urea groups is 1. The molecule has 0 fully saturated rings. The smallest absolute Gasteiger partial charge is 0.340 e. The van der Waals surface area contributed by atoms with Gasteiger partial charge in [0.15, 0.2) is 0 Å². The van der Waals surface area contributed by atoms with Gasteiger partial charge in [-0.2, -0.15) is 0 Å². The van der Waals surface area contributed by atoms with E-state index in [4.69, 9.17) is 4.74 Å². The van der Waals surface area contributed by atoms with Crippen LogP contribution in [0.15, 0.2) is 48.5 Å². The number of hydrogen-bond donors (Lipinski definition) is 2. The molecule has 0 bridgehead atoms. The van der Waals surface area contributed by atoms with Gasteiger partial charge in [0.05, 0.1) is 29.0 Å². The van der Waals surface area contributed by atoms with Gasteiger partial charge in [0.1, 0.15) is 0 Å². The van der Waals surface area contributed by atoms with Gasteiger partial charge in [-0.15, -0.1) is 0 Å². The fourth-order valence-electron chi connectivity index (χ4n) is 3.05. The Labute approximate surface area is 174 Å². The van der Waals surface area contributed by atoms with Crippen LogP contribution in [0.5, 0.6) is 0 Å². The molecule has 0 atom stereocenters. The molecule has 2 aromatic carbocycles. The van der Waals surface area contributed by atoms with E-state index >= 15 is 0 Å². The first kappa shape index (κ1) is 21.0. The van der Waals surface area contributed by atoms with Gasteiger partial charge in [-0.25, -0.2) is 9.59 Å². The summed E-state index contributed by atoms with van der Waals surface area (Å²) in [5.41, 5.74) is 1.30. The molecule has 0 saturated heterocycles. The van der Waals surface area contributed by atoms with Gasteiger partial charge in [0, 0.05) is 13.1 Å². The Morgan fingerprint density at radius 3 is 2.27 bits per heavy atom. The summed E-state index contributed by atoms with van der Waals surface area (Å²) in [6, 6.07) is 12.6. The lowest BCUT2D eigenvalue weighted by atomic mass is 10.1. The highest BCUT2D eigenvalue weighted by Gasteiger charge is 2.34. The van der Waals surface area contributed by atoms with Crippen molar-refractivity contribution in [2.75, 3.05) is 25.0 Å². The predicted octanol–water partition coefficient (Wildman–Crippen LogP) is 3.06. The number of carbonyl (C=O) groups is 4. The summed E-state index contributed by atoms with van der Waals surface area (Å²) < 4.78 is 5.20. The molecule has 8 nitrogen and oxygen atoms in total. The molecule has 8 heteroatoms. The molecule has 156 valence electrons. The number of nitrogens with one attached hydrogen (secondary N) is 2. The van der Waals surface area contributed by atoms with Crippen LogP contribution in [0.4, 0.5) is 10.5 Å². The number of nitrogens with zero attached hydrogens (tertiary/aromatic N) is 1. The number of ether oxygens (including phenoxy) is 1. The first-order valence-electron chi connectivity index (χ1n) is 9.79. The van der Waals surface area contributed by atoms with E-state index in [9.17, 15) is 19.2 Å². The molecule has 2 N–H and O–H groups in total. The van der Waals surface area contributed by atoms with Crippen LogP contribution in [-0.4, -0.2) is 48.4 Å². The SMILES string of the molecule is CCCCOC(=O)c1ccccc1NC(=O)NCCN1C(=O)c2ccccc2C1=O. The van der Waals surface area contributed by atoms with Gasteiger partial charge in [-0.3, -0.25) is 14.5 Å². The lowest BCUT2D eigenvalue weighted by Gasteiger charge is -2.15. The minimum atomic E-state index is -0.555. The van der Waals surface area contributed by atoms with Crippen molar-refractivity contribution in [1.82, 2.24) is 10.2 Å². The van der Waals surface area contributed by atoms with Crippen LogP contribution in [0.2, 0.25) is 0 Å². The zero-order valence-electron chi connectivity index (χ0n) is 16.6. The minimum absolute atomic E-state index is 0.0421. The zero-order chi connectivity index (χ0) is 21.5. The summed E-state index contributed by atoms with van der Waals surface area (Å²) in [6.07, 6.45) is 1.67. The molecule has 2 aromatic rings. The van der Waals surface area contributed by atoms with Crippen LogP contribution < -0.4 is 10.6 Å². The molecule has 0 aliphatic carbocycles. The number of esters is 1. The van der Waals surface area contributed by atoms with Crippen molar-refractivity contribution in [3.05, 3.63) is 65.2 Å². The number of unbranched alkanes of at least 4 members (excludes halogenated alkanes) is 1. The van der Waals surface area contributed by atoms with Crippen LogP contribution >= 0.6 is 0 Å². The summed E-state index contributed by atoms with van der Waals surface area (Å²) in [4.78, 5) is 50.2. The Morgan fingerprint density at radius 2 is 1.60 bits per heavy atom. The number of amides is 4. The second-order valence-corrected chi connectivity index (χ2v) is 6.72. The molecule has 1 aliphatic rings. The van der Waals surface area contributed by atoms with Gasteiger partial charge < -0.3 is 15.4 Å².